The van der Waals surface area contributed by atoms with Crippen LogP contribution in [0.25, 0.3) is 0 Å². The summed E-state index contributed by atoms with van der Waals surface area (Å²) in [5, 5.41) is 9.51. The van der Waals surface area contributed by atoms with Crippen molar-refractivity contribution < 1.29 is 14.6 Å². The zero-order chi connectivity index (χ0) is 14.3. The molecule has 2 unspecified atom stereocenters. The SMILES string of the molecule is CC1(C)CCC(C(=O)O)C(c2ccc3c(c2)CCO3)C1. The largest absolute Gasteiger partial charge is 0.493 e. The third-order valence-corrected chi connectivity index (χ3v) is 4.85. The molecule has 2 atom stereocenters. The van der Waals surface area contributed by atoms with Gasteiger partial charge in [-0.05, 0) is 47.8 Å². The molecular weight excluding hydrogens is 252 g/mol. The number of carbonyl (C=O) groups is 1. The number of aliphatic carboxylic acids is 1. The van der Waals surface area contributed by atoms with E-state index in [1.54, 1.807) is 0 Å². The van der Waals surface area contributed by atoms with Gasteiger partial charge < -0.3 is 9.84 Å². The predicted molar refractivity (Wildman–Crippen MR) is 77.1 cm³/mol. The molecule has 0 saturated heterocycles. The minimum Gasteiger partial charge on any atom is -0.493 e. The van der Waals surface area contributed by atoms with Crippen molar-refractivity contribution in [3.8, 4) is 5.75 Å². The zero-order valence-corrected chi connectivity index (χ0v) is 12.2. The van der Waals surface area contributed by atoms with Crippen molar-refractivity contribution in [3.63, 3.8) is 0 Å². The smallest absolute Gasteiger partial charge is 0.307 e. The summed E-state index contributed by atoms with van der Waals surface area (Å²) in [5.41, 5.74) is 2.64. The lowest BCUT2D eigenvalue weighted by atomic mass is 9.65. The summed E-state index contributed by atoms with van der Waals surface area (Å²) in [5.74, 6) is 0.198. The lowest BCUT2D eigenvalue weighted by molar-refractivity contribution is -0.144. The molecule has 3 rings (SSSR count). The van der Waals surface area contributed by atoms with Crippen LogP contribution in [0.2, 0.25) is 0 Å². The first-order valence-corrected chi connectivity index (χ1v) is 7.45. The van der Waals surface area contributed by atoms with E-state index in [-0.39, 0.29) is 17.3 Å². The third kappa shape index (κ3) is 2.41. The van der Waals surface area contributed by atoms with E-state index >= 15 is 0 Å². The molecule has 1 aromatic rings. The van der Waals surface area contributed by atoms with Gasteiger partial charge in [-0.2, -0.15) is 0 Å². The van der Waals surface area contributed by atoms with Gasteiger partial charge in [0.1, 0.15) is 5.75 Å². The number of benzene rings is 1. The molecule has 0 radical (unpaired) electrons. The Morgan fingerprint density at radius 3 is 2.95 bits per heavy atom. The second-order valence-electron chi connectivity index (χ2n) is 6.92. The number of ether oxygens (including phenoxy) is 1. The van der Waals surface area contributed by atoms with Crippen LogP contribution < -0.4 is 4.74 Å². The number of hydrogen-bond acceptors (Lipinski definition) is 2. The van der Waals surface area contributed by atoms with Crippen molar-refractivity contribution in [2.45, 2.75) is 45.4 Å². The highest BCUT2D eigenvalue weighted by Gasteiger charge is 2.39. The van der Waals surface area contributed by atoms with Crippen LogP contribution in [0.1, 0.15) is 50.2 Å². The molecule has 3 nitrogen and oxygen atoms in total. The zero-order valence-electron chi connectivity index (χ0n) is 12.2. The highest BCUT2D eigenvalue weighted by Crippen LogP contribution is 2.47. The summed E-state index contributed by atoms with van der Waals surface area (Å²) in [7, 11) is 0. The standard InChI is InChI=1S/C17H22O3/c1-17(2)7-5-13(16(18)19)14(10-17)11-3-4-15-12(9-11)6-8-20-15/h3-4,9,13-14H,5-8,10H2,1-2H3,(H,18,19). The summed E-state index contributed by atoms with van der Waals surface area (Å²) in [4.78, 5) is 11.6. The van der Waals surface area contributed by atoms with Crippen molar-refractivity contribution in [2.24, 2.45) is 11.3 Å². The Bertz CT molecular complexity index is 533. The van der Waals surface area contributed by atoms with Gasteiger partial charge in [0.2, 0.25) is 0 Å². The Hall–Kier alpha value is -1.51. The van der Waals surface area contributed by atoms with Crippen LogP contribution in [0.4, 0.5) is 0 Å². The van der Waals surface area contributed by atoms with Crippen LogP contribution in [-0.4, -0.2) is 17.7 Å². The first-order valence-electron chi connectivity index (χ1n) is 7.45. The summed E-state index contributed by atoms with van der Waals surface area (Å²) >= 11 is 0. The van der Waals surface area contributed by atoms with Gasteiger partial charge in [0.25, 0.3) is 0 Å². The van der Waals surface area contributed by atoms with Crippen LogP contribution in [0, 0.1) is 11.3 Å². The third-order valence-electron chi connectivity index (χ3n) is 4.85. The second kappa shape index (κ2) is 4.80. The lowest BCUT2D eigenvalue weighted by Crippen LogP contribution is -2.33. The molecule has 1 fully saturated rings. The molecule has 20 heavy (non-hydrogen) atoms. The van der Waals surface area contributed by atoms with Gasteiger partial charge in [-0.15, -0.1) is 0 Å². The summed E-state index contributed by atoms with van der Waals surface area (Å²) < 4.78 is 5.54. The molecule has 3 heteroatoms. The van der Waals surface area contributed by atoms with E-state index in [2.05, 4.69) is 26.0 Å². The Morgan fingerprint density at radius 2 is 2.20 bits per heavy atom. The monoisotopic (exact) mass is 274 g/mol. The Labute approximate surface area is 120 Å². The van der Waals surface area contributed by atoms with Crippen molar-refractivity contribution in [2.75, 3.05) is 6.61 Å². The van der Waals surface area contributed by atoms with E-state index in [1.165, 1.54) is 11.1 Å². The summed E-state index contributed by atoms with van der Waals surface area (Å²) in [6, 6.07) is 6.24. The Morgan fingerprint density at radius 1 is 1.40 bits per heavy atom. The molecule has 1 aromatic carbocycles. The summed E-state index contributed by atoms with van der Waals surface area (Å²) in [6.07, 6.45) is 3.66. The highest BCUT2D eigenvalue weighted by atomic mass is 16.5. The fraction of sp³-hybridized carbons (Fsp3) is 0.588. The van der Waals surface area contributed by atoms with Crippen LogP contribution in [-0.2, 0) is 11.2 Å². The van der Waals surface area contributed by atoms with Gasteiger partial charge in [0, 0.05) is 6.42 Å². The van der Waals surface area contributed by atoms with Crippen molar-refractivity contribution in [1.29, 1.82) is 0 Å². The van der Waals surface area contributed by atoms with Crippen molar-refractivity contribution in [3.05, 3.63) is 29.3 Å². The topological polar surface area (TPSA) is 46.5 Å². The minimum absolute atomic E-state index is 0.127. The van der Waals surface area contributed by atoms with Gasteiger partial charge in [-0.3, -0.25) is 4.79 Å². The molecule has 1 heterocycles. The average Bonchev–Trinajstić information content (AvgIpc) is 2.84. The van der Waals surface area contributed by atoms with Crippen LogP contribution in [0.3, 0.4) is 0 Å². The fourth-order valence-corrected chi connectivity index (χ4v) is 3.67. The number of rotatable bonds is 2. The van der Waals surface area contributed by atoms with Gasteiger partial charge in [-0.25, -0.2) is 0 Å². The lowest BCUT2D eigenvalue weighted by Gasteiger charge is -2.39. The van der Waals surface area contributed by atoms with Crippen LogP contribution in [0.15, 0.2) is 18.2 Å². The maximum absolute atomic E-state index is 11.6. The van der Waals surface area contributed by atoms with Crippen molar-refractivity contribution in [1.82, 2.24) is 0 Å². The number of hydrogen-bond donors (Lipinski definition) is 1. The van der Waals surface area contributed by atoms with E-state index < -0.39 is 5.97 Å². The molecule has 2 aliphatic rings. The highest BCUT2D eigenvalue weighted by molar-refractivity contribution is 5.71. The molecule has 1 aliphatic heterocycles. The predicted octanol–water partition coefficient (Wildman–Crippen LogP) is 3.62. The Kier molecular flexibility index (Phi) is 3.23. The molecule has 1 N–H and O–H groups in total. The number of carboxylic acid groups (broad SMARTS) is 1. The van der Waals surface area contributed by atoms with Gasteiger partial charge in [0.15, 0.2) is 0 Å². The number of carboxylic acids is 1. The normalized spacial score (nSPS) is 27.7. The molecular formula is C17H22O3. The summed E-state index contributed by atoms with van der Waals surface area (Å²) in [6.45, 7) is 5.24. The second-order valence-corrected chi connectivity index (χ2v) is 6.92. The molecule has 108 valence electrons. The number of fused-ring (bicyclic) bond motifs is 1. The first-order chi connectivity index (χ1) is 9.46. The average molecular weight is 274 g/mol. The molecule has 1 aliphatic carbocycles. The molecule has 0 aromatic heterocycles. The molecule has 1 saturated carbocycles. The van der Waals surface area contributed by atoms with E-state index in [4.69, 9.17) is 4.74 Å². The Balaban J connectivity index is 1.94. The van der Waals surface area contributed by atoms with Gasteiger partial charge in [0.05, 0.1) is 12.5 Å². The molecule has 0 bridgehead atoms. The minimum atomic E-state index is -0.651. The van der Waals surface area contributed by atoms with E-state index in [0.717, 1.165) is 38.0 Å². The van der Waals surface area contributed by atoms with E-state index in [0.29, 0.717) is 0 Å². The van der Waals surface area contributed by atoms with Gasteiger partial charge in [-0.1, -0.05) is 26.0 Å². The molecule has 0 amide bonds. The maximum atomic E-state index is 11.6. The van der Waals surface area contributed by atoms with Crippen LogP contribution >= 0.6 is 0 Å². The fourth-order valence-electron chi connectivity index (χ4n) is 3.67. The first kappa shape index (κ1) is 13.5. The molecule has 0 spiro atoms. The van der Waals surface area contributed by atoms with E-state index in [1.807, 2.05) is 6.07 Å². The quantitative estimate of drug-likeness (QED) is 0.896. The van der Waals surface area contributed by atoms with Crippen molar-refractivity contribution >= 4 is 5.97 Å². The van der Waals surface area contributed by atoms with E-state index in [9.17, 15) is 9.90 Å². The maximum Gasteiger partial charge on any atom is 0.307 e. The van der Waals surface area contributed by atoms with Crippen LogP contribution in [0.5, 0.6) is 5.75 Å². The van der Waals surface area contributed by atoms with Gasteiger partial charge >= 0.3 is 5.97 Å².